The van der Waals surface area contributed by atoms with E-state index in [4.69, 9.17) is 0 Å². The van der Waals surface area contributed by atoms with E-state index in [0.717, 1.165) is 0 Å². The summed E-state index contributed by atoms with van der Waals surface area (Å²) in [5.41, 5.74) is 2.19. The molecular formula is C18H32. The summed E-state index contributed by atoms with van der Waals surface area (Å²) in [6.45, 7) is 18.0. The summed E-state index contributed by atoms with van der Waals surface area (Å²) in [5.74, 6) is 0.633. The molecule has 0 spiro atoms. The molecule has 0 N–H and O–H groups in total. The van der Waals surface area contributed by atoms with E-state index in [1.165, 1.54) is 12.0 Å². The molecule has 0 saturated heterocycles. The van der Waals surface area contributed by atoms with Gasteiger partial charge in [0.2, 0.25) is 0 Å². The van der Waals surface area contributed by atoms with E-state index in [9.17, 15) is 0 Å². The van der Waals surface area contributed by atoms with Gasteiger partial charge in [-0.15, -0.1) is 0 Å². The van der Waals surface area contributed by atoms with Crippen molar-refractivity contribution in [2.45, 2.75) is 67.7 Å². The minimum atomic E-state index is 0.328. The second kappa shape index (κ2) is 6.97. The van der Waals surface area contributed by atoms with E-state index in [1.54, 1.807) is 0 Å². The van der Waals surface area contributed by atoms with Crippen LogP contribution < -0.4 is 0 Å². The fourth-order valence-corrected chi connectivity index (χ4v) is 2.22. The van der Waals surface area contributed by atoms with Gasteiger partial charge in [0.1, 0.15) is 0 Å². The second-order valence-corrected chi connectivity index (χ2v) is 7.09. The summed E-state index contributed by atoms with van der Waals surface area (Å²) in [5, 5.41) is 0. The predicted octanol–water partition coefficient (Wildman–Crippen LogP) is 6.28. The van der Waals surface area contributed by atoms with Crippen LogP contribution in [0.1, 0.15) is 73.3 Å². The molecule has 1 atom stereocenters. The van der Waals surface area contributed by atoms with Gasteiger partial charge in [-0.3, -0.25) is 0 Å². The van der Waals surface area contributed by atoms with Crippen LogP contribution in [0.3, 0.4) is 0 Å². The Kier molecular flexibility index (Phi) is 6.67. The van der Waals surface area contributed by atoms with Crippen molar-refractivity contribution < 1.29 is 0 Å². The van der Waals surface area contributed by atoms with Crippen molar-refractivity contribution in [3.8, 4) is 0 Å². The number of hydrogen-bond acceptors (Lipinski definition) is 0. The molecule has 0 heterocycles. The Morgan fingerprint density at radius 2 is 1.28 bits per heavy atom. The molecule has 1 unspecified atom stereocenters. The first-order valence-electron chi connectivity index (χ1n) is 7.25. The van der Waals surface area contributed by atoms with Gasteiger partial charge in [0, 0.05) is 0 Å². The Morgan fingerprint density at radius 3 is 1.61 bits per heavy atom. The zero-order valence-electron chi connectivity index (χ0n) is 13.7. The summed E-state index contributed by atoms with van der Waals surface area (Å²) in [6, 6.07) is 10.9. The Hall–Kier alpha value is -0.780. The minimum Gasteiger partial charge on any atom is -0.0683 e. The molecule has 18 heavy (non-hydrogen) atoms. The van der Waals surface area contributed by atoms with Crippen molar-refractivity contribution in [3.63, 3.8) is 0 Å². The van der Waals surface area contributed by atoms with Crippen LogP contribution in [0.25, 0.3) is 0 Å². The van der Waals surface area contributed by atoms with Crippen molar-refractivity contribution >= 4 is 0 Å². The third-order valence-corrected chi connectivity index (χ3v) is 3.06. The fraction of sp³-hybridized carbons (Fsp3) is 0.667. The lowest BCUT2D eigenvalue weighted by molar-refractivity contribution is 0.229. The number of hydrogen-bond donors (Lipinski definition) is 0. The Labute approximate surface area is 115 Å². The SMILES string of the molecule is CC.CC(C)(C)CC(c1ccccc1)C(C)(C)C. The molecule has 0 amide bonds. The molecule has 0 fully saturated rings. The highest BCUT2D eigenvalue weighted by atomic mass is 14.3. The number of benzene rings is 1. The van der Waals surface area contributed by atoms with Gasteiger partial charge in [-0.1, -0.05) is 85.7 Å². The van der Waals surface area contributed by atoms with Crippen LogP contribution in [0.2, 0.25) is 0 Å². The highest BCUT2D eigenvalue weighted by molar-refractivity contribution is 5.21. The Morgan fingerprint density at radius 1 is 0.833 bits per heavy atom. The molecule has 0 aliphatic rings. The van der Waals surface area contributed by atoms with Gasteiger partial charge in [-0.2, -0.15) is 0 Å². The van der Waals surface area contributed by atoms with Crippen LogP contribution in [0.15, 0.2) is 30.3 Å². The molecule has 0 nitrogen and oxygen atoms in total. The van der Waals surface area contributed by atoms with Crippen molar-refractivity contribution in [2.24, 2.45) is 10.8 Å². The molecule has 0 saturated carbocycles. The minimum absolute atomic E-state index is 0.328. The highest BCUT2D eigenvalue weighted by Gasteiger charge is 2.29. The lowest BCUT2D eigenvalue weighted by Gasteiger charge is -2.36. The standard InChI is InChI=1S/C16H26.C2H6/c1-15(2,3)12-14(16(4,5)6)13-10-8-7-9-11-13;1-2/h7-11,14H,12H2,1-6H3;1-2H3. The average molecular weight is 248 g/mol. The van der Waals surface area contributed by atoms with Crippen LogP contribution in [0, 0.1) is 10.8 Å². The van der Waals surface area contributed by atoms with Crippen molar-refractivity contribution in [2.75, 3.05) is 0 Å². The topological polar surface area (TPSA) is 0 Å². The van der Waals surface area contributed by atoms with Gasteiger partial charge >= 0.3 is 0 Å². The lowest BCUT2D eigenvalue weighted by Crippen LogP contribution is -2.23. The van der Waals surface area contributed by atoms with Gasteiger partial charge in [0.05, 0.1) is 0 Å². The molecule has 0 heteroatoms. The molecule has 1 aromatic rings. The first kappa shape index (κ1) is 17.2. The third-order valence-electron chi connectivity index (χ3n) is 3.06. The number of rotatable bonds is 2. The average Bonchev–Trinajstić information content (AvgIpc) is 2.27. The van der Waals surface area contributed by atoms with Crippen molar-refractivity contribution in [3.05, 3.63) is 35.9 Å². The monoisotopic (exact) mass is 248 g/mol. The molecule has 0 aromatic heterocycles. The summed E-state index contributed by atoms with van der Waals surface area (Å²) in [7, 11) is 0. The van der Waals surface area contributed by atoms with Crippen molar-refractivity contribution in [1.82, 2.24) is 0 Å². The van der Waals surface area contributed by atoms with E-state index in [0.29, 0.717) is 16.7 Å². The first-order valence-corrected chi connectivity index (χ1v) is 7.25. The van der Waals surface area contributed by atoms with Crippen molar-refractivity contribution in [1.29, 1.82) is 0 Å². The quantitative estimate of drug-likeness (QED) is 0.578. The first-order chi connectivity index (χ1) is 8.20. The normalized spacial score (nSPS) is 13.6. The molecule has 1 rings (SSSR count). The van der Waals surface area contributed by atoms with E-state index in [2.05, 4.69) is 71.9 Å². The van der Waals surface area contributed by atoms with Crippen LogP contribution in [-0.4, -0.2) is 0 Å². The van der Waals surface area contributed by atoms with Crippen LogP contribution in [0.4, 0.5) is 0 Å². The molecule has 0 bridgehead atoms. The lowest BCUT2D eigenvalue weighted by atomic mass is 9.69. The Bertz CT molecular complexity index is 308. The van der Waals surface area contributed by atoms with Gasteiger partial charge in [0.15, 0.2) is 0 Å². The van der Waals surface area contributed by atoms with Gasteiger partial charge in [-0.05, 0) is 28.7 Å². The van der Waals surface area contributed by atoms with Gasteiger partial charge in [-0.25, -0.2) is 0 Å². The summed E-state index contributed by atoms with van der Waals surface area (Å²) in [6.07, 6.45) is 1.24. The second-order valence-electron chi connectivity index (χ2n) is 7.09. The molecule has 0 aliphatic heterocycles. The summed E-state index contributed by atoms with van der Waals surface area (Å²) < 4.78 is 0. The van der Waals surface area contributed by atoms with Crippen LogP contribution in [-0.2, 0) is 0 Å². The molecular weight excluding hydrogens is 216 g/mol. The Balaban J connectivity index is 0.00000137. The fourth-order valence-electron chi connectivity index (χ4n) is 2.22. The van der Waals surface area contributed by atoms with Crippen LogP contribution >= 0.6 is 0 Å². The zero-order valence-corrected chi connectivity index (χ0v) is 13.7. The highest BCUT2D eigenvalue weighted by Crippen LogP contribution is 2.42. The maximum absolute atomic E-state index is 2.34. The third kappa shape index (κ3) is 6.23. The smallest absolute Gasteiger partial charge is 0.0108 e. The van der Waals surface area contributed by atoms with Gasteiger partial charge in [0.25, 0.3) is 0 Å². The van der Waals surface area contributed by atoms with E-state index in [1.807, 2.05) is 13.8 Å². The predicted molar refractivity (Wildman–Crippen MR) is 84.1 cm³/mol. The maximum Gasteiger partial charge on any atom is -0.0108 e. The van der Waals surface area contributed by atoms with Crippen LogP contribution in [0.5, 0.6) is 0 Å². The summed E-state index contributed by atoms with van der Waals surface area (Å²) >= 11 is 0. The molecule has 0 aliphatic carbocycles. The van der Waals surface area contributed by atoms with E-state index in [-0.39, 0.29) is 0 Å². The maximum atomic E-state index is 2.34. The zero-order chi connectivity index (χ0) is 14.4. The summed E-state index contributed by atoms with van der Waals surface area (Å²) in [4.78, 5) is 0. The largest absolute Gasteiger partial charge is 0.0683 e. The molecule has 104 valence electrons. The van der Waals surface area contributed by atoms with Gasteiger partial charge < -0.3 is 0 Å². The van der Waals surface area contributed by atoms with E-state index >= 15 is 0 Å². The van der Waals surface area contributed by atoms with E-state index < -0.39 is 0 Å². The molecule has 0 radical (unpaired) electrons. The molecule has 1 aromatic carbocycles.